The molecule has 3 rings (SSSR count). The number of carbonyl (C=O) groups excluding carboxylic acids is 1. The minimum atomic E-state index is -1.61. The maximum atomic E-state index is 12.4. The van der Waals surface area contributed by atoms with Crippen LogP contribution in [0.4, 0.5) is 5.69 Å². The molecule has 0 aliphatic heterocycles. The van der Waals surface area contributed by atoms with Gasteiger partial charge in [0.1, 0.15) is 0 Å². The van der Waals surface area contributed by atoms with Crippen molar-refractivity contribution in [2.75, 3.05) is 5.32 Å². The second kappa shape index (κ2) is 5.29. The van der Waals surface area contributed by atoms with Crippen LogP contribution in [0.25, 0.3) is 10.1 Å². The van der Waals surface area contributed by atoms with Gasteiger partial charge < -0.3 is 10.4 Å². The Bertz CT molecular complexity index is 809. The molecular weight excluding hydrogens is 290 g/mol. The molecule has 21 heavy (non-hydrogen) atoms. The summed E-state index contributed by atoms with van der Waals surface area (Å²) in [5, 5.41) is 12.8. The van der Waals surface area contributed by atoms with E-state index in [1.54, 1.807) is 0 Å². The lowest BCUT2D eigenvalue weighted by molar-refractivity contribution is -0.147. The van der Waals surface area contributed by atoms with Crippen molar-refractivity contribution in [1.29, 1.82) is 0 Å². The van der Waals surface area contributed by atoms with Crippen LogP contribution in [0, 0.1) is 0 Å². The van der Waals surface area contributed by atoms with Gasteiger partial charge in [-0.05, 0) is 48.9 Å². The summed E-state index contributed by atoms with van der Waals surface area (Å²) in [6, 6.07) is 3.93. The van der Waals surface area contributed by atoms with Gasteiger partial charge in [0, 0.05) is 15.5 Å². The minimum Gasteiger partial charge on any atom is -0.474 e. The van der Waals surface area contributed by atoms with Crippen LogP contribution in [0.3, 0.4) is 0 Å². The van der Waals surface area contributed by atoms with Crippen molar-refractivity contribution in [3.63, 3.8) is 0 Å². The third kappa shape index (κ3) is 2.54. The van der Waals surface area contributed by atoms with E-state index in [-0.39, 0.29) is 11.1 Å². The van der Waals surface area contributed by atoms with E-state index >= 15 is 0 Å². The normalized spacial score (nSPS) is 13.7. The van der Waals surface area contributed by atoms with Crippen molar-refractivity contribution in [2.45, 2.75) is 25.7 Å². The summed E-state index contributed by atoms with van der Waals surface area (Å²) in [6.45, 7) is 0. The Morgan fingerprint density at radius 3 is 2.48 bits per heavy atom. The fourth-order valence-electron chi connectivity index (χ4n) is 2.62. The Labute approximate surface area is 124 Å². The molecule has 108 valence electrons. The molecule has 1 aliphatic rings. The van der Waals surface area contributed by atoms with Crippen molar-refractivity contribution >= 4 is 39.0 Å². The van der Waals surface area contributed by atoms with E-state index in [9.17, 15) is 14.4 Å². The number of carboxylic acid groups (broad SMARTS) is 1. The number of benzene rings is 1. The van der Waals surface area contributed by atoms with Gasteiger partial charge in [0.05, 0.1) is 5.69 Å². The molecule has 0 spiro atoms. The third-order valence-electron chi connectivity index (χ3n) is 3.68. The van der Waals surface area contributed by atoms with Crippen LogP contribution in [-0.4, -0.2) is 17.0 Å². The number of anilines is 1. The standard InChI is InChI=1S/C15H13NO4S/c17-13-10-5-8-3-1-2-4-9(8)6-12(10)21-7-11(13)16-14(18)15(19)20/h5-7H,1-4H2,(H,16,18)(H,19,20). The summed E-state index contributed by atoms with van der Waals surface area (Å²) in [5.41, 5.74) is 2.16. The van der Waals surface area contributed by atoms with Crippen LogP contribution in [-0.2, 0) is 22.4 Å². The van der Waals surface area contributed by atoms with Gasteiger partial charge in [-0.25, -0.2) is 4.79 Å². The first-order valence-corrected chi connectivity index (χ1v) is 7.56. The molecule has 0 bridgehead atoms. The topological polar surface area (TPSA) is 83.5 Å². The van der Waals surface area contributed by atoms with Crippen LogP contribution < -0.4 is 10.7 Å². The first kappa shape index (κ1) is 13.8. The zero-order valence-corrected chi connectivity index (χ0v) is 12.0. The van der Waals surface area contributed by atoms with Crippen LogP contribution >= 0.6 is 11.3 Å². The fraction of sp³-hybridized carbons (Fsp3) is 0.267. The van der Waals surface area contributed by atoms with Gasteiger partial charge in [-0.2, -0.15) is 0 Å². The van der Waals surface area contributed by atoms with E-state index in [1.165, 1.54) is 34.3 Å². The molecule has 6 heteroatoms. The van der Waals surface area contributed by atoms with Gasteiger partial charge in [0.25, 0.3) is 0 Å². The van der Waals surface area contributed by atoms with Crippen molar-refractivity contribution in [3.05, 3.63) is 38.9 Å². The van der Waals surface area contributed by atoms with Gasteiger partial charge >= 0.3 is 11.9 Å². The van der Waals surface area contributed by atoms with E-state index < -0.39 is 11.9 Å². The third-order valence-corrected chi connectivity index (χ3v) is 4.62. The Morgan fingerprint density at radius 2 is 1.81 bits per heavy atom. The number of carboxylic acids is 1. The highest BCUT2D eigenvalue weighted by Gasteiger charge is 2.16. The lowest BCUT2D eigenvalue weighted by Crippen LogP contribution is -2.25. The van der Waals surface area contributed by atoms with Gasteiger partial charge in [-0.3, -0.25) is 9.59 Å². The molecule has 2 N–H and O–H groups in total. The molecule has 1 amide bonds. The summed E-state index contributed by atoms with van der Waals surface area (Å²) in [5.74, 6) is -2.80. The van der Waals surface area contributed by atoms with Crippen LogP contribution in [0.15, 0.2) is 22.3 Å². The quantitative estimate of drug-likeness (QED) is 0.791. The highest BCUT2D eigenvalue weighted by Crippen LogP contribution is 2.28. The Morgan fingerprint density at radius 1 is 1.14 bits per heavy atom. The SMILES string of the molecule is O=C(O)C(=O)Nc1csc2cc3c(cc2c1=O)CCCC3. The Hall–Kier alpha value is -2.21. The van der Waals surface area contributed by atoms with Gasteiger partial charge in [0.15, 0.2) is 0 Å². The summed E-state index contributed by atoms with van der Waals surface area (Å²) in [6.07, 6.45) is 4.27. The lowest BCUT2D eigenvalue weighted by atomic mass is 9.91. The number of carbonyl (C=O) groups is 2. The molecule has 1 heterocycles. The molecule has 0 radical (unpaired) electrons. The summed E-state index contributed by atoms with van der Waals surface area (Å²) >= 11 is 1.34. The van der Waals surface area contributed by atoms with Crippen molar-refractivity contribution in [2.24, 2.45) is 0 Å². The van der Waals surface area contributed by atoms with Crippen molar-refractivity contribution in [3.8, 4) is 0 Å². The van der Waals surface area contributed by atoms with Crippen LogP contribution in [0.1, 0.15) is 24.0 Å². The fourth-order valence-corrected chi connectivity index (χ4v) is 3.52. The number of hydrogen-bond acceptors (Lipinski definition) is 4. The number of aryl methyl sites for hydroxylation is 2. The molecule has 0 atom stereocenters. The molecule has 0 saturated heterocycles. The molecule has 0 fully saturated rings. The van der Waals surface area contributed by atoms with Gasteiger partial charge in [0.2, 0.25) is 5.43 Å². The number of nitrogens with one attached hydrogen (secondary N) is 1. The summed E-state index contributed by atoms with van der Waals surface area (Å²) in [4.78, 5) is 34.1. The highest BCUT2D eigenvalue weighted by molar-refractivity contribution is 7.16. The second-order valence-corrected chi connectivity index (χ2v) is 5.97. The van der Waals surface area contributed by atoms with Gasteiger partial charge in [-0.1, -0.05) is 0 Å². The molecule has 1 aliphatic carbocycles. The van der Waals surface area contributed by atoms with E-state index in [0.29, 0.717) is 5.39 Å². The largest absolute Gasteiger partial charge is 0.474 e. The van der Waals surface area contributed by atoms with E-state index in [0.717, 1.165) is 24.0 Å². The average molecular weight is 303 g/mol. The van der Waals surface area contributed by atoms with Crippen molar-refractivity contribution in [1.82, 2.24) is 0 Å². The Kier molecular flexibility index (Phi) is 3.47. The number of fused-ring (bicyclic) bond motifs is 2. The molecule has 0 unspecified atom stereocenters. The zero-order valence-electron chi connectivity index (χ0n) is 11.1. The van der Waals surface area contributed by atoms with E-state index in [2.05, 4.69) is 5.32 Å². The van der Waals surface area contributed by atoms with Crippen molar-refractivity contribution < 1.29 is 14.7 Å². The average Bonchev–Trinajstić information content (AvgIpc) is 2.48. The van der Waals surface area contributed by atoms with Gasteiger partial charge in [-0.15, -0.1) is 11.3 Å². The maximum absolute atomic E-state index is 12.4. The maximum Gasteiger partial charge on any atom is 0.394 e. The Balaban J connectivity index is 2.10. The predicted octanol–water partition coefficient (Wildman–Crippen LogP) is 2.16. The second-order valence-electron chi connectivity index (χ2n) is 5.06. The first-order valence-electron chi connectivity index (χ1n) is 6.68. The summed E-state index contributed by atoms with van der Waals surface area (Å²) < 4.78 is 0.869. The lowest BCUT2D eigenvalue weighted by Gasteiger charge is -2.16. The highest BCUT2D eigenvalue weighted by atomic mass is 32.1. The first-order chi connectivity index (χ1) is 10.1. The monoisotopic (exact) mass is 303 g/mol. The molecular formula is C15H13NO4S. The minimum absolute atomic E-state index is 0.0238. The number of aliphatic carboxylic acids is 1. The molecule has 2 aromatic rings. The van der Waals surface area contributed by atoms with Crippen LogP contribution in [0.2, 0.25) is 0 Å². The van der Waals surface area contributed by atoms with E-state index in [1.807, 2.05) is 12.1 Å². The number of amides is 1. The predicted molar refractivity (Wildman–Crippen MR) is 81.0 cm³/mol. The molecule has 0 saturated carbocycles. The number of rotatable bonds is 1. The molecule has 5 nitrogen and oxygen atoms in total. The molecule has 1 aromatic carbocycles. The summed E-state index contributed by atoms with van der Waals surface area (Å²) in [7, 11) is 0. The van der Waals surface area contributed by atoms with E-state index in [4.69, 9.17) is 5.11 Å². The zero-order chi connectivity index (χ0) is 15.0. The molecule has 1 aromatic heterocycles. The number of hydrogen-bond donors (Lipinski definition) is 2. The van der Waals surface area contributed by atoms with Crippen LogP contribution in [0.5, 0.6) is 0 Å². The smallest absolute Gasteiger partial charge is 0.394 e.